The molecule has 184 valence electrons. The molecular weight excluding hydrogens is 474 g/mol. The molecule has 0 aliphatic heterocycles. The highest BCUT2D eigenvalue weighted by Gasteiger charge is 2.31. The van der Waals surface area contributed by atoms with Crippen LogP contribution < -0.4 is 9.62 Å². The second-order valence-corrected chi connectivity index (χ2v) is 11.1. The number of rotatable bonds is 9. The zero-order valence-corrected chi connectivity index (χ0v) is 21.2. The molecule has 0 spiro atoms. The van der Waals surface area contributed by atoms with Gasteiger partial charge in [-0.15, -0.1) is 0 Å². The molecule has 0 radical (unpaired) electrons. The van der Waals surface area contributed by atoms with Crippen molar-refractivity contribution in [1.82, 2.24) is 10.2 Å². The Morgan fingerprint density at radius 2 is 1.65 bits per heavy atom. The van der Waals surface area contributed by atoms with Crippen molar-refractivity contribution in [3.8, 4) is 0 Å². The lowest BCUT2D eigenvalue weighted by molar-refractivity contribution is -0.139. The van der Waals surface area contributed by atoms with Gasteiger partial charge in [0.25, 0.3) is 0 Å². The monoisotopic (exact) mass is 505 g/mol. The Morgan fingerprint density at radius 3 is 2.26 bits per heavy atom. The molecule has 7 nitrogen and oxygen atoms in total. The summed E-state index contributed by atoms with van der Waals surface area (Å²) in [4.78, 5) is 28.0. The van der Waals surface area contributed by atoms with Crippen molar-refractivity contribution < 1.29 is 18.0 Å². The molecule has 1 fully saturated rings. The van der Waals surface area contributed by atoms with Gasteiger partial charge in [0.1, 0.15) is 12.6 Å². The predicted octanol–water partition coefficient (Wildman–Crippen LogP) is 3.97. The molecule has 2 aromatic carbocycles. The SMILES string of the molecule is C[C@H](C(=O)NC1CCCCC1)N(Cc1ccccc1Cl)C(=O)CN(c1ccccc1)S(C)(=O)=O. The average Bonchev–Trinajstić information content (AvgIpc) is 2.82. The first-order chi connectivity index (χ1) is 16.2. The first-order valence-electron chi connectivity index (χ1n) is 11.5. The minimum atomic E-state index is -3.74. The molecule has 0 aromatic heterocycles. The summed E-state index contributed by atoms with van der Waals surface area (Å²) in [5, 5.41) is 3.55. The maximum absolute atomic E-state index is 13.5. The number of para-hydroxylation sites is 1. The number of anilines is 1. The third-order valence-electron chi connectivity index (χ3n) is 6.14. The van der Waals surface area contributed by atoms with Crippen LogP contribution in [0, 0.1) is 0 Å². The van der Waals surface area contributed by atoms with Crippen LogP contribution in [0.15, 0.2) is 54.6 Å². The first-order valence-corrected chi connectivity index (χ1v) is 13.8. The quantitative estimate of drug-likeness (QED) is 0.558. The Hall–Kier alpha value is -2.58. The van der Waals surface area contributed by atoms with Crippen LogP contribution in [0.4, 0.5) is 5.69 Å². The summed E-state index contributed by atoms with van der Waals surface area (Å²) < 4.78 is 26.1. The summed E-state index contributed by atoms with van der Waals surface area (Å²) in [5.41, 5.74) is 1.07. The highest BCUT2D eigenvalue weighted by Crippen LogP contribution is 2.22. The van der Waals surface area contributed by atoms with Crippen molar-refractivity contribution >= 4 is 39.1 Å². The maximum atomic E-state index is 13.5. The number of halogens is 1. The Morgan fingerprint density at radius 1 is 1.03 bits per heavy atom. The van der Waals surface area contributed by atoms with Gasteiger partial charge >= 0.3 is 0 Å². The number of sulfonamides is 1. The zero-order chi connectivity index (χ0) is 24.7. The molecule has 1 N–H and O–H groups in total. The molecular formula is C25H32ClN3O4S. The van der Waals surface area contributed by atoms with E-state index in [0.717, 1.165) is 36.2 Å². The van der Waals surface area contributed by atoms with Crippen molar-refractivity contribution in [2.45, 2.75) is 57.7 Å². The van der Waals surface area contributed by atoms with Gasteiger partial charge in [0.2, 0.25) is 21.8 Å². The van der Waals surface area contributed by atoms with E-state index >= 15 is 0 Å². The molecule has 0 heterocycles. The molecule has 2 aromatic rings. The summed E-state index contributed by atoms with van der Waals surface area (Å²) in [6, 6.07) is 14.9. The minimum absolute atomic E-state index is 0.0875. The van der Waals surface area contributed by atoms with E-state index < -0.39 is 28.5 Å². The Labute approximate surface area is 207 Å². The summed E-state index contributed by atoms with van der Waals surface area (Å²) in [5.74, 6) is -0.738. The summed E-state index contributed by atoms with van der Waals surface area (Å²) >= 11 is 6.34. The van der Waals surface area contributed by atoms with Gasteiger partial charge in [-0.3, -0.25) is 13.9 Å². The fraction of sp³-hybridized carbons (Fsp3) is 0.440. The van der Waals surface area contributed by atoms with Gasteiger partial charge in [0.05, 0.1) is 11.9 Å². The van der Waals surface area contributed by atoms with Crippen LogP contribution >= 0.6 is 11.6 Å². The minimum Gasteiger partial charge on any atom is -0.352 e. The van der Waals surface area contributed by atoms with Crippen LogP contribution in [0.1, 0.15) is 44.6 Å². The first kappa shape index (κ1) is 26.0. The van der Waals surface area contributed by atoms with E-state index in [1.165, 1.54) is 11.3 Å². The highest BCUT2D eigenvalue weighted by molar-refractivity contribution is 7.92. The van der Waals surface area contributed by atoms with Gasteiger partial charge in [0, 0.05) is 17.6 Å². The Kier molecular flexibility index (Phi) is 8.97. The summed E-state index contributed by atoms with van der Waals surface area (Å²) in [7, 11) is -3.74. The number of carbonyl (C=O) groups is 2. The van der Waals surface area contributed by atoms with Gasteiger partial charge in [-0.05, 0) is 43.5 Å². The fourth-order valence-electron chi connectivity index (χ4n) is 4.17. The van der Waals surface area contributed by atoms with E-state index in [1.807, 2.05) is 6.07 Å². The van der Waals surface area contributed by atoms with Crippen molar-refractivity contribution in [3.05, 3.63) is 65.2 Å². The van der Waals surface area contributed by atoms with Crippen molar-refractivity contribution in [1.29, 1.82) is 0 Å². The second-order valence-electron chi connectivity index (χ2n) is 8.74. The zero-order valence-electron chi connectivity index (χ0n) is 19.6. The third-order valence-corrected chi connectivity index (χ3v) is 7.65. The van der Waals surface area contributed by atoms with Gasteiger partial charge in [-0.25, -0.2) is 8.42 Å². The van der Waals surface area contributed by atoms with E-state index in [0.29, 0.717) is 16.3 Å². The van der Waals surface area contributed by atoms with E-state index in [1.54, 1.807) is 55.5 Å². The molecule has 1 aliphatic rings. The molecule has 1 saturated carbocycles. The Bertz CT molecular complexity index is 1090. The van der Waals surface area contributed by atoms with E-state index in [2.05, 4.69) is 5.32 Å². The number of amides is 2. The topological polar surface area (TPSA) is 86.8 Å². The number of carbonyl (C=O) groups excluding carboxylic acids is 2. The van der Waals surface area contributed by atoms with Crippen LogP contribution in [0.2, 0.25) is 5.02 Å². The number of hydrogen-bond acceptors (Lipinski definition) is 4. The summed E-state index contributed by atoms with van der Waals surface area (Å²) in [6.07, 6.45) is 6.22. The lowest BCUT2D eigenvalue weighted by atomic mass is 9.95. The fourth-order valence-corrected chi connectivity index (χ4v) is 5.21. The average molecular weight is 506 g/mol. The van der Waals surface area contributed by atoms with Crippen molar-refractivity contribution in [3.63, 3.8) is 0 Å². The molecule has 3 rings (SSSR count). The van der Waals surface area contributed by atoms with Gasteiger partial charge in [0.15, 0.2) is 0 Å². The predicted molar refractivity (Wildman–Crippen MR) is 135 cm³/mol. The maximum Gasteiger partial charge on any atom is 0.244 e. The van der Waals surface area contributed by atoms with Crippen LogP contribution in [-0.2, 0) is 26.2 Å². The smallest absolute Gasteiger partial charge is 0.244 e. The van der Waals surface area contributed by atoms with Gasteiger partial charge < -0.3 is 10.2 Å². The molecule has 9 heteroatoms. The van der Waals surface area contributed by atoms with Gasteiger partial charge in [-0.1, -0.05) is 67.3 Å². The number of nitrogens with one attached hydrogen (secondary N) is 1. The highest BCUT2D eigenvalue weighted by atomic mass is 35.5. The molecule has 0 saturated heterocycles. The van der Waals surface area contributed by atoms with Gasteiger partial charge in [-0.2, -0.15) is 0 Å². The standard InChI is InChI=1S/C25H32ClN3O4S/c1-19(25(31)27-21-12-5-3-6-13-21)28(17-20-11-9-10-16-23(20)26)24(30)18-29(34(2,32)33)22-14-7-4-8-15-22/h4,7-11,14-16,19,21H,3,5-6,12-13,17-18H2,1-2H3,(H,27,31)/t19-/m1/s1. The Balaban J connectivity index is 1.86. The molecule has 1 atom stereocenters. The normalized spacial score (nSPS) is 15.4. The lowest BCUT2D eigenvalue weighted by Crippen LogP contribution is -2.53. The van der Waals surface area contributed by atoms with Crippen LogP contribution in [0.3, 0.4) is 0 Å². The van der Waals surface area contributed by atoms with Crippen LogP contribution in [0.5, 0.6) is 0 Å². The molecule has 34 heavy (non-hydrogen) atoms. The lowest BCUT2D eigenvalue weighted by Gasteiger charge is -2.33. The number of nitrogens with zero attached hydrogens (tertiary/aromatic N) is 2. The number of benzene rings is 2. The van der Waals surface area contributed by atoms with Crippen LogP contribution in [-0.4, -0.2) is 50.0 Å². The van der Waals surface area contributed by atoms with E-state index in [9.17, 15) is 18.0 Å². The van der Waals surface area contributed by atoms with Crippen molar-refractivity contribution in [2.24, 2.45) is 0 Å². The van der Waals surface area contributed by atoms with Crippen LogP contribution in [0.25, 0.3) is 0 Å². The largest absolute Gasteiger partial charge is 0.352 e. The van der Waals surface area contributed by atoms with Crippen molar-refractivity contribution in [2.75, 3.05) is 17.1 Å². The van der Waals surface area contributed by atoms with E-state index in [-0.39, 0.29) is 18.5 Å². The molecule has 1 aliphatic carbocycles. The summed E-state index contributed by atoms with van der Waals surface area (Å²) in [6.45, 7) is 1.33. The molecule has 0 bridgehead atoms. The molecule has 0 unspecified atom stereocenters. The van der Waals surface area contributed by atoms with E-state index in [4.69, 9.17) is 11.6 Å². The number of hydrogen-bond donors (Lipinski definition) is 1. The second kappa shape index (κ2) is 11.7. The third kappa shape index (κ3) is 6.96. The molecule has 2 amide bonds.